The van der Waals surface area contributed by atoms with E-state index in [0.717, 1.165) is 0 Å². The van der Waals surface area contributed by atoms with Gasteiger partial charge in [0.15, 0.2) is 0 Å². The number of ether oxygens (including phenoxy) is 2. The number of benzene rings is 1. The van der Waals surface area contributed by atoms with E-state index in [1.807, 2.05) is 0 Å². The highest BCUT2D eigenvalue weighted by Gasteiger charge is 2.10. The Morgan fingerprint density at radius 2 is 1.94 bits per heavy atom. The van der Waals surface area contributed by atoms with Gasteiger partial charge in [-0.15, -0.1) is 11.6 Å². The number of carbonyl (C=O) groups is 1. The molecule has 0 heterocycles. The van der Waals surface area contributed by atoms with Gasteiger partial charge in [0.25, 0.3) is 0 Å². The van der Waals surface area contributed by atoms with Gasteiger partial charge in [-0.1, -0.05) is 0 Å². The van der Waals surface area contributed by atoms with Gasteiger partial charge in [-0.2, -0.15) is 0 Å². The lowest BCUT2D eigenvalue weighted by Gasteiger charge is -2.19. The molecule has 88 valence electrons. The van der Waals surface area contributed by atoms with Gasteiger partial charge in [0, 0.05) is 12.3 Å². The van der Waals surface area contributed by atoms with Crippen LogP contribution in [0.3, 0.4) is 0 Å². The minimum Gasteiger partial charge on any atom is -0.546 e. The summed E-state index contributed by atoms with van der Waals surface area (Å²) in [6.45, 7) is 0. The first-order valence-corrected chi connectivity index (χ1v) is 5.28. The molecule has 5 heteroatoms. The van der Waals surface area contributed by atoms with E-state index in [1.165, 1.54) is 0 Å². The van der Waals surface area contributed by atoms with Gasteiger partial charge in [-0.05, 0) is 24.3 Å². The standard InChI is InChI=1S/C11H13ClO4/c1-15-8-2-4-9(5-3-8)16-10(6-7-12)11(13)14/h2-5,10H,6-7H2,1H3,(H,13,14)/p-1. The van der Waals surface area contributed by atoms with Crippen molar-refractivity contribution in [2.24, 2.45) is 0 Å². The van der Waals surface area contributed by atoms with E-state index < -0.39 is 12.1 Å². The Morgan fingerprint density at radius 3 is 2.38 bits per heavy atom. The third-order valence-corrected chi connectivity index (χ3v) is 2.19. The fourth-order valence-corrected chi connectivity index (χ4v) is 1.34. The second-order valence-electron chi connectivity index (χ2n) is 3.08. The smallest absolute Gasteiger partial charge is 0.139 e. The van der Waals surface area contributed by atoms with E-state index >= 15 is 0 Å². The van der Waals surface area contributed by atoms with Crippen LogP contribution in [0.2, 0.25) is 0 Å². The number of methoxy groups -OCH3 is 1. The van der Waals surface area contributed by atoms with Crippen LogP contribution in [0.1, 0.15) is 6.42 Å². The van der Waals surface area contributed by atoms with Crippen molar-refractivity contribution in [3.8, 4) is 11.5 Å². The topological polar surface area (TPSA) is 58.6 Å². The predicted molar refractivity (Wildman–Crippen MR) is 57.8 cm³/mol. The number of hydrogen-bond acceptors (Lipinski definition) is 4. The lowest BCUT2D eigenvalue weighted by molar-refractivity contribution is -0.313. The molecule has 0 amide bonds. The van der Waals surface area contributed by atoms with Crippen molar-refractivity contribution in [3.63, 3.8) is 0 Å². The number of alkyl halides is 1. The number of aliphatic carboxylic acids is 1. The van der Waals surface area contributed by atoms with E-state index in [2.05, 4.69) is 0 Å². The maximum Gasteiger partial charge on any atom is 0.139 e. The second kappa shape index (κ2) is 6.23. The molecule has 0 spiro atoms. The first kappa shape index (κ1) is 12.6. The molecule has 0 bridgehead atoms. The zero-order valence-electron chi connectivity index (χ0n) is 8.81. The highest BCUT2D eigenvalue weighted by atomic mass is 35.5. The molecule has 4 nitrogen and oxygen atoms in total. The first-order valence-electron chi connectivity index (χ1n) is 4.75. The molecule has 0 aliphatic rings. The van der Waals surface area contributed by atoms with Crippen LogP contribution in [-0.2, 0) is 4.79 Å². The fraction of sp³-hybridized carbons (Fsp3) is 0.364. The van der Waals surface area contributed by atoms with Gasteiger partial charge in [0.1, 0.15) is 17.6 Å². The number of carboxylic acids is 1. The van der Waals surface area contributed by atoms with Crippen molar-refractivity contribution in [2.45, 2.75) is 12.5 Å². The van der Waals surface area contributed by atoms with Crippen LogP contribution in [0.25, 0.3) is 0 Å². The predicted octanol–water partition coefficient (Wildman–Crippen LogP) is 0.821. The molecule has 0 radical (unpaired) electrons. The van der Waals surface area contributed by atoms with Gasteiger partial charge < -0.3 is 19.4 Å². The van der Waals surface area contributed by atoms with Crippen LogP contribution < -0.4 is 14.6 Å². The molecule has 1 unspecified atom stereocenters. The quantitative estimate of drug-likeness (QED) is 0.694. The van der Waals surface area contributed by atoms with Gasteiger partial charge in [0.05, 0.1) is 13.1 Å². The summed E-state index contributed by atoms with van der Waals surface area (Å²) in [4.78, 5) is 10.7. The summed E-state index contributed by atoms with van der Waals surface area (Å²) in [6, 6.07) is 6.62. The molecule has 0 saturated heterocycles. The summed E-state index contributed by atoms with van der Waals surface area (Å²) in [5, 5.41) is 10.7. The Bertz CT molecular complexity index is 336. The Balaban J connectivity index is 2.65. The molecule has 1 aromatic carbocycles. The molecule has 1 rings (SSSR count). The second-order valence-corrected chi connectivity index (χ2v) is 3.46. The van der Waals surface area contributed by atoms with Crippen molar-refractivity contribution < 1.29 is 19.4 Å². The molecule has 1 atom stereocenters. The largest absolute Gasteiger partial charge is 0.546 e. The van der Waals surface area contributed by atoms with Crippen molar-refractivity contribution in [3.05, 3.63) is 24.3 Å². The molecule has 1 aromatic rings. The number of hydrogen-bond donors (Lipinski definition) is 0. The summed E-state index contributed by atoms with van der Waals surface area (Å²) in [7, 11) is 1.55. The first-order chi connectivity index (χ1) is 7.67. The molecular formula is C11H12ClO4-. The number of halogens is 1. The zero-order valence-corrected chi connectivity index (χ0v) is 9.57. The van der Waals surface area contributed by atoms with E-state index in [0.29, 0.717) is 11.5 Å². The van der Waals surface area contributed by atoms with E-state index in [-0.39, 0.29) is 12.3 Å². The lowest BCUT2D eigenvalue weighted by Crippen LogP contribution is -2.39. The normalized spacial score (nSPS) is 11.9. The molecule has 0 N–H and O–H groups in total. The Labute approximate surface area is 98.7 Å². The summed E-state index contributed by atoms with van der Waals surface area (Å²) < 4.78 is 10.2. The summed E-state index contributed by atoms with van der Waals surface area (Å²) in [6.07, 6.45) is -0.818. The summed E-state index contributed by atoms with van der Waals surface area (Å²) >= 11 is 5.46. The van der Waals surface area contributed by atoms with E-state index in [4.69, 9.17) is 21.1 Å². The Kier molecular flexibility index (Phi) is 4.92. The van der Waals surface area contributed by atoms with E-state index in [9.17, 15) is 9.90 Å². The summed E-state index contributed by atoms with van der Waals surface area (Å²) in [5.41, 5.74) is 0. The minimum atomic E-state index is -1.27. The third-order valence-electron chi connectivity index (χ3n) is 1.97. The van der Waals surface area contributed by atoms with Crippen LogP contribution in [0.5, 0.6) is 11.5 Å². The highest BCUT2D eigenvalue weighted by molar-refractivity contribution is 6.18. The van der Waals surface area contributed by atoms with Crippen LogP contribution in [0, 0.1) is 0 Å². The highest BCUT2D eigenvalue weighted by Crippen LogP contribution is 2.18. The van der Waals surface area contributed by atoms with Crippen LogP contribution in [0.4, 0.5) is 0 Å². The average molecular weight is 244 g/mol. The third kappa shape index (κ3) is 3.62. The maximum atomic E-state index is 10.7. The van der Waals surface area contributed by atoms with Crippen molar-refractivity contribution in [1.82, 2.24) is 0 Å². The Hall–Kier alpha value is -1.42. The van der Waals surface area contributed by atoms with Crippen LogP contribution in [-0.4, -0.2) is 25.1 Å². The van der Waals surface area contributed by atoms with Crippen molar-refractivity contribution in [1.29, 1.82) is 0 Å². The van der Waals surface area contributed by atoms with Gasteiger partial charge >= 0.3 is 0 Å². The number of carboxylic acid groups (broad SMARTS) is 1. The van der Waals surface area contributed by atoms with E-state index in [1.54, 1.807) is 31.4 Å². The molecule has 0 saturated carbocycles. The van der Waals surface area contributed by atoms with Gasteiger partial charge in [-0.25, -0.2) is 0 Å². The number of rotatable bonds is 6. The average Bonchev–Trinajstić information content (AvgIpc) is 2.29. The van der Waals surface area contributed by atoms with Crippen LogP contribution in [0.15, 0.2) is 24.3 Å². The maximum absolute atomic E-state index is 10.7. The molecule has 16 heavy (non-hydrogen) atoms. The fourth-order valence-electron chi connectivity index (χ4n) is 1.14. The van der Waals surface area contributed by atoms with Gasteiger partial charge in [-0.3, -0.25) is 0 Å². The molecule has 0 aliphatic heterocycles. The van der Waals surface area contributed by atoms with Gasteiger partial charge in [0.2, 0.25) is 0 Å². The van der Waals surface area contributed by atoms with Crippen LogP contribution >= 0.6 is 11.6 Å². The monoisotopic (exact) mass is 243 g/mol. The Morgan fingerprint density at radius 1 is 1.38 bits per heavy atom. The molecule has 0 aromatic heterocycles. The lowest BCUT2D eigenvalue weighted by atomic mass is 10.2. The molecule has 0 aliphatic carbocycles. The minimum absolute atomic E-state index is 0.203. The summed E-state index contributed by atoms with van der Waals surface area (Å²) in [5.74, 6) is 0.0562. The molecule has 0 fully saturated rings. The SMILES string of the molecule is COc1ccc(OC(CCCl)C(=O)[O-])cc1. The zero-order chi connectivity index (χ0) is 12.0. The van der Waals surface area contributed by atoms with Crippen molar-refractivity contribution in [2.75, 3.05) is 13.0 Å². The number of carbonyl (C=O) groups excluding carboxylic acids is 1. The van der Waals surface area contributed by atoms with Crippen molar-refractivity contribution >= 4 is 17.6 Å². The molecular weight excluding hydrogens is 232 g/mol.